The van der Waals surface area contributed by atoms with Crippen molar-refractivity contribution in [3.63, 3.8) is 0 Å². The minimum atomic E-state index is -1.49. The lowest BCUT2D eigenvalue weighted by Gasteiger charge is -2.32. The highest BCUT2D eigenvalue weighted by Gasteiger charge is 3.03. The Balaban J connectivity index is 2.30. The van der Waals surface area contributed by atoms with E-state index in [9.17, 15) is 10.5 Å². The Hall–Kier alpha value is -2.12. The van der Waals surface area contributed by atoms with Gasteiger partial charge in [0, 0.05) is 5.02 Å². The summed E-state index contributed by atoms with van der Waals surface area (Å²) in [5, 5.41) is 20.9. The van der Waals surface area contributed by atoms with Crippen LogP contribution in [-0.4, -0.2) is 25.0 Å². The maximum atomic E-state index is 10.2. The van der Waals surface area contributed by atoms with E-state index in [0.29, 0.717) is 18.2 Å². The highest BCUT2D eigenvalue weighted by Crippen LogP contribution is 2.82. The first-order chi connectivity index (χ1) is 11.9. The van der Waals surface area contributed by atoms with Gasteiger partial charge in [0.05, 0.1) is 30.8 Å². The molecule has 1 saturated carbocycles. The fraction of sp³-hybridized carbons (Fsp3) is 0.500. The quantitative estimate of drug-likeness (QED) is 0.757. The van der Waals surface area contributed by atoms with Crippen LogP contribution in [0, 0.1) is 33.5 Å². The van der Waals surface area contributed by atoms with Crippen molar-refractivity contribution >= 4 is 17.4 Å². The predicted octanol–water partition coefficient (Wildman–Crippen LogP) is 0.809. The second kappa shape index (κ2) is 5.44. The minimum absolute atomic E-state index is 0.191. The van der Waals surface area contributed by atoms with Crippen molar-refractivity contribution in [3.05, 3.63) is 34.9 Å². The van der Waals surface area contributed by atoms with Crippen molar-refractivity contribution in [3.8, 4) is 12.1 Å². The lowest BCUT2D eigenvalue weighted by atomic mass is 9.84. The molecule has 0 bridgehead atoms. The third kappa shape index (κ3) is 1.63. The van der Waals surface area contributed by atoms with Gasteiger partial charge in [-0.15, -0.1) is 0 Å². The summed E-state index contributed by atoms with van der Waals surface area (Å²) in [6.07, 6.45) is 0. The molecule has 6 nitrogen and oxygen atoms in total. The van der Waals surface area contributed by atoms with Gasteiger partial charge in [0.1, 0.15) is 0 Å². The molecule has 1 fully saturated rings. The summed E-state index contributed by atoms with van der Waals surface area (Å²) in [5.74, 6) is -1.30. The molecule has 3 rings (SSSR count). The summed E-state index contributed by atoms with van der Waals surface area (Å²) < 4.78 is 11.8. The van der Waals surface area contributed by atoms with Gasteiger partial charge >= 0.3 is 5.91 Å². The number of nitriles is 2. The van der Waals surface area contributed by atoms with Gasteiger partial charge in [-0.3, -0.25) is 5.73 Å². The lowest BCUT2D eigenvalue weighted by Crippen LogP contribution is -2.91. The van der Waals surface area contributed by atoms with Crippen molar-refractivity contribution < 1.29 is 14.5 Å². The molecule has 3 N–H and O–H groups in total. The van der Waals surface area contributed by atoms with Crippen LogP contribution >= 0.6 is 11.6 Å². The average Bonchev–Trinajstić information content (AvgIpc) is 3.01. The number of halogens is 1. The molecule has 0 unspecified atom stereocenters. The predicted molar refractivity (Wildman–Crippen MR) is 91.0 cm³/mol. The number of benzene rings is 1. The van der Waals surface area contributed by atoms with Crippen LogP contribution in [0.5, 0.6) is 0 Å². The zero-order valence-electron chi connectivity index (χ0n) is 14.4. The number of nitrogens with two attached hydrogens (primary N) is 1. The first-order valence-corrected chi connectivity index (χ1v) is 8.52. The standard InChI is InChI=1S/C18H19ClN4O2/c1-4-24-18(25-5-2)17(11-21)15(3,12-6-8-13(19)9-7-12)16(17,10-20)14(22)23-18/h6-9H,4-5H2,1-3H3,(H2,22,23)/p+1/t15-,16+,17-/m1/s1. The Morgan fingerprint density at radius 1 is 1.12 bits per heavy atom. The summed E-state index contributed by atoms with van der Waals surface area (Å²) >= 11 is 6.00. The molecule has 1 aromatic carbocycles. The molecule has 0 saturated heterocycles. The van der Waals surface area contributed by atoms with Crippen LogP contribution < -0.4 is 10.7 Å². The van der Waals surface area contributed by atoms with Crippen molar-refractivity contribution in [2.45, 2.75) is 32.1 Å². The Bertz CT molecular complexity index is 819. The molecule has 0 spiro atoms. The number of rotatable bonds is 5. The third-order valence-electron chi connectivity index (χ3n) is 5.65. The number of nitrogens with zero attached hydrogens (tertiary/aromatic N) is 2. The Morgan fingerprint density at radius 2 is 1.68 bits per heavy atom. The fourth-order valence-electron chi connectivity index (χ4n) is 4.61. The summed E-state index contributed by atoms with van der Waals surface area (Å²) in [4.78, 5) is 2.97. The van der Waals surface area contributed by atoms with Gasteiger partial charge < -0.3 is 9.47 Å². The van der Waals surface area contributed by atoms with Crippen molar-refractivity contribution in [2.75, 3.05) is 13.2 Å². The number of ether oxygens (including phenoxy) is 2. The maximum Gasteiger partial charge on any atom is 0.343 e. The Kier molecular flexibility index (Phi) is 3.85. The second-order valence-electron chi connectivity index (χ2n) is 6.38. The molecule has 7 heteroatoms. The van der Waals surface area contributed by atoms with Gasteiger partial charge in [0.25, 0.3) is 5.84 Å². The van der Waals surface area contributed by atoms with E-state index in [1.54, 1.807) is 26.0 Å². The molecule has 0 radical (unpaired) electrons. The molecule has 1 aliphatic heterocycles. The number of fused-ring (bicyclic) bond motifs is 1. The summed E-state index contributed by atoms with van der Waals surface area (Å²) in [6.45, 7) is 6.04. The van der Waals surface area contributed by atoms with E-state index in [1.165, 1.54) is 0 Å². The first-order valence-electron chi connectivity index (χ1n) is 8.15. The number of amidine groups is 1. The van der Waals surface area contributed by atoms with Crippen LogP contribution in [0.2, 0.25) is 5.02 Å². The van der Waals surface area contributed by atoms with Crippen molar-refractivity contribution in [2.24, 2.45) is 16.6 Å². The zero-order chi connectivity index (χ0) is 18.5. The smallest absolute Gasteiger partial charge is 0.314 e. The van der Waals surface area contributed by atoms with Gasteiger partial charge in [-0.25, -0.2) is 4.99 Å². The lowest BCUT2D eigenvalue weighted by molar-refractivity contribution is -0.694. The second-order valence-corrected chi connectivity index (χ2v) is 6.81. The molecular formula is C18H20ClN4O2+. The summed E-state index contributed by atoms with van der Waals surface area (Å²) in [6, 6.07) is 11.7. The van der Waals surface area contributed by atoms with E-state index in [0.717, 1.165) is 5.56 Å². The number of hydrogen-bond acceptors (Lipinski definition) is 5. The van der Waals surface area contributed by atoms with Crippen LogP contribution in [0.4, 0.5) is 0 Å². The average molecular weight is 360 g/mol. The zero-order valence-corrected chi connectivity index (χ0v) is 15.1. The van der Waals surface area contributed by atoms with Gasteiger partial charge in [-0.05, 0) is 31.5 Å². The van der Waals surface area contributed by atoms with Crippen LogP contribution in [0.25, 0.3) is 0 Å². The highest BCUT2D eigenvalue weighted by molar-refractivity contribution is 6.30. The van der Waals surface area contributed by atoms with Crippen molar-refractivity contribution in [1.82, 2.24) is 0 Å². The van der Waals surface area contributed by atoms with Gasteiger partial charge in [-0.2, -0.15) is 10.5 Å². The van der Waals surface area contributed by atoms with E-state index in [1.807, 2.05) is 19.1 Å². The highest BCUT2D eigenvalue weighted by atomic mass is 35.5. The Morgan fingerprint density at radius 3 is 2.12 bits per heavy atom. The third-order valence-corrected chi connectivity index (χ3v) is 5.90. The minimum Gasteiger partial charge on any atom is -0.314 e. The van der Waals surface area contributed by atoms with E-state index >= 15 is 0 Å². The molecule has 0 amide bonds. The van der Waals surface area contributed by atoms with E-state index in [-0.39, 0.29) is 5.84 Å². The van der Waals surface area contributed by atoms with Gasteiger partial charge in [0.15, 0.2) is 10.8 Å². The Labute approximate surface area is 151 Å². The first kappa shape index (κ1) is 17.7. The largest absolute Gasteiger partial charge is 0.343 e. The van der Waals surface area contributed by atoms with Crippen LogP contribution in [0.3, 0.4) is 0 Å². The summed E-state index contributed by atoms with van der Waals surface area (Å²) in [7, 11) is 0. The van der Waals surface area contributed by atoms with Crippen LogP contribution in [0.15, 0.2) is 24.3 Å². The maximum absolute atomic E-state index is 10.2. The summed E-state index contributed by atoms with van der Waals surface area (Å²) in [5.41, 5.74) is 3.53. The number of hydrogen-bond donors (Lipinski definition) is 2. The van der Waals surface area contributed by atoms with Crippen molar-refractivity contribution in [1.29, 1.82) is 10.5 Å². The van der Waals surface area contributed by atoms with Crippen LogP contribution in [-0.2, 0) is 14.9 Å². The molecule has 1 aromatic rings. The SMILES string of the molecule is CCOC1(OCC)[NH+]=C(N)[C@@]2(C#N)[C@@](C)(c3ccc(Cl)cc3)[C@@]12C#N. The molecule has 1 aliphatic carbocycles. The molecule has 130 valence electrons. The fourth-order valence-corrected chi connectivity index (χ4v) is 4.74. The van der Waals surface area contributed by atoms with E-state index in [4.69, 9.17) is 26.8 Å². The normalized spacial score (nSPS) is 34.6. The van der Waals surface area contributed by atoms with Crippen LogP contribution in [0.1, 0.15) is 26.3 Å². The molecule has 25 heavy (non-hydrogen) atoms. The van der Waals surface area contributed by atoms with Gasteiger partial charge in [-0.1, -0.05) is 30.7 Å². The molecule has 2 aliphatic rings. The van der Waals surface area contributed by atoms with E-state index in [2.05, 4.69) is 17.1 Å². The topological polar surface area (TPSA) is 106 Å². The monoisotopic (exact) mass is 359 g/mol. The van der Waals surface area contributed by atoms with E-state index < -0.39 is 22.2 Å². The molecule has 0 aromatic heterocycles. The molecule has 1 heterocycles. The number of nitrogens with one attached hydrogen (secondary N) is 1. The molecular weight excluding hydrogens is 340 g/mol. The van der Waals surface area contributed by atoms with Gasteiger partial charge in [0.2, 0.25) is 0 Å². The molecule has 3 atom stereocenters.